The zero-order chi connectivity index (χ0) is 24.7. The largest absolute Gasteiger partial charge is 0.459 e. The first kappa shape index (κ1) is 11.4. The van der Waals surface area contributed by atoms with Crippen LogP contribution in [0.1, 0.15) is 49.6 Å². The van der Waals surface area contributed by atoms with Crippen LogP contribution >= 0.6 is 11.6 Å². The number of ether oxygens (including phenoxy) is 1. The van der Waals surface area contributed by atoms with Gasteiger partial charge in [-0.1, -0.05) is 29.8 Å². The van der Waals surface area contributed by atoms with Crippen LogP contribution in [-0.2, 0) is 14.8 Å². The molecule has 0 saturated carbocycles. The molecule has 0 aliphatic carbocycles. The SMILES string of the molecule is [2H]C([2H])([2H])C([2H])(OC(=O)c1ccccc1C(=O)c1ccc(Cl)c(S(N)(=O)=O)c1)C([2H])([2H])[2H]. The number of sulfonamides is 1. The molecule has 0 spiro atoms. The molecule has 2 N–H and O–H groups in total. The van der Waals surface area contributed by atoms with Gasteiger partial charge in [0.1, 0.15) is 4.90 Å². The number of nitrogens with two attached hydrogens (primary N) is 1. The Morgan fingerprint density at radius 3 is 2.44 bits per heavy atom. The van der Waals surface area contributed by atoms with Gasteiger partial charge < -0.3 is 4.74 Å². The number of benzene rings is 2. The van der Waals surface area contributed by atoms with Crippen LogP contribution < -0.4 is 5.14 Å². The summed E-state index contributed by atoms with van der Waals surface area (Å²) in [6, 6.07) is 8.02. The Morgan fingerprint density at radius 1 is 1.20 bits per heavy atom. The molecule has 0 fully saturated rings. The van der Waals surface area contributed by atoms with Gasteiger partial charge in [-0.3, -0.25) is 4.79 Å². The molecule has 0 heterocycles. The Bertz CT molecular complexity index is 1160. The van der Waals surface area contributed by atoms with Gasteiger partial charge in [-0.05, 0) is 38.0 Å². The van der Waals surface area contributed by atoms with Crippen LogP contribution in [0.4, 0.5) is 0 Å². The second-order valence-corrected chi connectivity index (χ2v) is 6.72. The van der Waals surface area contributed by atoms with Gasteiger partial charge in [0.25, 0.3) is 0 Å². The molecule has 0 aliphatic heterocycles. The van der Waals surface area contributed by atoms with Gasteiger partial charge in [0.05, 0.1) is 18.0 Å². The molecule has 0 radical (unpaired) electrons. The number of halogens is 1. The van der Waals surface area contributed by atoms with Crippen molar-refractivity contribution >= 4 is 33.4 Å². The lowest BCUT2D eigenvalue weighted by atomic mass is 9.98. The summed E-state index contributed by atoms with van der Waals surface area (Å²) in [5.41, 5.74) is -1.13. The summed E-state index contributed by atoms with van der Waals surface area (Å²) in [6.45, 7) is -7.07. The van der Waals surface area contributed by atoms with Gasteiger partial charge in [0.15, 0.2) is 5.78 Å². The zero-order valence-corrected chi connectivity index (χ0v) is 14.0. The van der Waals surface area contributed by atoms with E-state index in [1.165, 1.54) is 18.2 Å². The number of carbonyl (C=O) groups excluding carboxylic acids is 2. The molecule has 0 aromatic heterocycles. The summed E-state index contributed by atoms with van der Waals surface area (Å²) in [5.74, 6) is -2.44. The van der Waals surface area contributed by atoms with E-state index in [2.05, 4.69) is 4.74 Å². The number of hydrogen-bond donors (Lipinski definition) is 1. The van der Waals surface area contributed by atoms with Gasteiger partial charge >= 0.3 is 5.97 Å². The highest BCUT2D eigenvalue weighted by atomic mass is 35.5. The minimum absolute atomic E-state index is 0.234. The van der Waals surface area contributed by atoms with E-state index in [1.54, 1.807) is 0 Å². The summed E-state index contributed by atoms with van der Waals surface area (Å²) in [4.78, 5) is 25.1. The maximum absolute atomic E-state index is 13.0. The van der Waals surface area contributed by atoms with Crippen LogP contribution in [0.2, 0.25) is 5.02 Å². The molecule has 0 amide bonds. The van der Waals surface area contributed by atoms with E-state index < -0.39 is 52.0 Å². The number of carbonyl (C=O) groups is 2. The molecule has 0 atom stereocenters. The topological polar surface area (TPSA) is 104 Å². The lowest BCUT2D eigenvalue weighted by Crippen LogP contribution is -2.17. The molecule has 0 aliphatic rings. The highest BCUT2D eigenvalue weighted by Crippen LogP contribution is 2.24. The summed E-state index contributed by atoms with van der Waals surface area (Å²) < 4.78 is 79.7. The van der Waals surface area contributed by atoms with Gasteiger partial charge in [0, 0.05) is 19.4 Å². The highest BCUT2D eigenvalue weighted by molar-refractivity contribution is 7.89. The van der Waals surface area contributed by atoms with Crippen molar-refractivity contribution in [2.75, 3.05) is 0 Å². The molecule has 0 unspecified atom stereocenters. The maximum atomic E-state index is 13.0. The van der Waals surface area contributed by atoms with Crippen LogP contribution in [0.5, 0.6) is 0 Å². The van der Waals surface area contributed by atoms with Crippen LogP contribution in [0.3, 0.4) is 0 Å². The second-order valence-electron chi connectivity index (χ2n) is 4.78. The Kier molecular flexibility index (Phi) is 3.35. The third kappa shape index (κ3) is 4.45. The fraction of sp³-hybridized carbons (Fsp3) is 0.176. The first-order valence-corrected chi connectivity index (χ1v) is 8.52. The molecular formula is C17H16ClNO5S. The van der Waals surface area contributed by atoms with Crippen LogP contribution in [-0.4, -0.2) is 26.3 Å². The Labute approximate surface area is 160 Å². The maximum Gasteiger partial charge on any atom is 0.339 e. The van der Waals surface area contributed by atoms with E-state index in [1.807, 2.05) is 0 Å². The van der Waals surface area contributed by atoms with Gasteiger partial charge in [-0.25, -0.2) is 18.4 Å². The molecule has 25 heavy (non-hydrogen) atoms. The van der Waals surface area contributed by atoms with Crippen molar-refractivity contribution in [2.24, 2.45) is 5.14 Å². The summed E-state index contributed by atoms with van der Waals surface area (Å²) in [7, 11) is -4.28. The molecule has 0 saturated heterocycles. The number of hydrogen-bond acceptors (Lipinski definition) is 5. The second kappa shape index (κ2) is 7.35. The molecule has 6 nitrogen and oxygen atoms in total. The van der Waals surface area contributed by atoms with Gasteiger partial charge in [-0.15, -0.1) is 0 Å². The van der Waals surface area contributed by atoms with E-state index in [0.29, 0.717) is 0 Å². The van der Waals surface area contributed by atoms with Crippen LogP contribution in [0.15, 0.2) is 47.4 Å². The molecule has 132 valence electrons. The normalized spacial score (nSPS) is 17.0. The van der Waals surface area contributed by atoms with Crippen molar-refractivity contribution in [1.29, 1.82) is 0 Å². The van der Waals surface area contributed by atoms with E-state index in [9.17, 15) is 18.0 Å². The smallest absolute Gasteiger partial charge is 0.339 e. The van der Waals surface area contributed by atoms with Crippen LogP contribution in [0.25, 0.3) is 0 Å². The number of rotatable bonds is 5. The summed E-state index contributed by atoms with van der Waals surface area (Å²) >= 11 is 5.80. The quantitative estimate of drug-likeness (QED) is 0.626. The predicted octanol–water partition coefficient (Wildman–Crippen LogP) is 2.78. The lowest BCUT2D eigenvalue weighted by molar-refractivity contribution is 0.0375. The Hall–Kier alpha value is -2.22. The summed E-state index contributed by atoms with van der Waals surface area (Å²) in [6.07, 6.45) is -3.60. The Balaban J connectivity index is 2.55. The van der Waals surface area contributed by atoms with Crippen molar-refractivity contribution in [2.45, 2.75) is 24.7 Å². The first-order valence-electron chi connectivity index (χ1n) is 10.1. The first-order chi connectivity index (χ1) is 14.4. The Morgan fingerprint density at radius 2 is 1.84 bits per heavy atom. The van der Waals surface area contributed by atoms with Crippen molar-refractivity contribution in [3.8, 4) is 0 Å². The standard InChI is InChI=1S/C17H16ClNO5S/c1-10(2)24-17(21)13-6-4-3-5-12(13)16(20)11-7-8-14(18)15(9-11)25(19,22)23/h3-10H,1-2H3,(H2,19,22,23)/i1D3,2D3,10D. The minimum atomic E-state index is -4.28. The molecule has 0 bridgehead atoms. The number of ketones is 1. The van der Waals surface area contributed by atoms with Gasteiger partial charge in [0.2, 0.25) is 10.0 Å². The average molecular weight is 389 g/mol. The number of esters is 1. The van der Waals surface area contributed by atoms with E-state index in [-0.39, 0.29) is 16.1 Å². The highest BCUT2D eigenvalue weighted by Gasteiger charge is 2.22. The van der Waals surface area contributed by atoms with E-state index in [4.69, 9.17) is 26.3 Å². The molecule has 8 heteroatoms. The fourth-order valence-electron chi connectivity index (χ4n) is 2.02. The monoisotopic (exact) mass is 388 g/mol. The average Bonchev–Trinajstić information content (AvgIpc) is 2.65. The molecule has 2 aromatic carbocycles. The molecular weight excluding hydrogens is 366 g/mol. The lowest BCUT2D eigenvalue weighted by Gasteiger charge is -2.12. The van der Waals surface area contributed by atoms with Crippen molar-refractivity contribution in [3.63, 3.8) is 0 Å². The minimum Gasteiger partial charge on any atom is -0.459 e. The fourth-order valence-corrected chi connectivity index (χ4v) is 3.10. The van der Waals surface area contributed by atoms with Crippen LogP contribution in [0, 0.1) is 0 Å². The predicted molar refractivity (Wildman–Crippen MR) is 93.3 cm³/mol. The third-order valence-electron chi connectivity index (χ3n) is 3.09. The van der Waals surface area contributed by atoms with E-state index >= 15 is 0 Å². The van der Waals surface area contributed by atoms with Crippen molar-refractivity contribution < 1.29 is 32.3 Å². The molecule has 2 aromatic rings. The van der Waals surface area contributed by atoms with E-state index in [0.717, 1.165) is 24.3 Å². The molecule has 2 rings (SSSR count). The number of primary sulfonamides is 1. The van der Waals surface area contributed by atoms with Crippen molar-refractivity contribution in [3.05, 3.63) is 64.2 Å². The van der Waals surface area contributed by atoms with Crippen molar-refractivity contribution in [1.82, 2.24) is 0 Å². The summed E-state index contributed by atoms with van der Waals surface area (Å²) in [5, 5.41) is 4.82. The van der Waals surface area contributed by atoms with Gasteiger partial charge in [-0.2, -0.15) is 0 Å². The zero-order valence-electron chi connectivity index (χ0n) is 19.4. The third-order valence-corrected chi connectivity index (χ3v) is 4.48.